The largest absolute Gasteiger partial charge is 0.497 e. The monoisotopic (exact) mass is 464 g/mol. The Morgan fingerprint density at radius 1 is 0.788 bits per heavy atom. The molecule has 0 aromatic heterocycles. The van der Waals surface area contributed by atoms with Crippen molar-refractivity contribution >= 4 is 40.4 Å². The number of carbonyl (C=O) groups is 2. The van der Waals surface area contributed by atoms with Crippen LogP contribution in [0.15, 0.2) is 72.4 Å². The number of imide groups is 1. The van der Waals surface area contributed by atoms with Gasteiger partial charge in [0.2, 0.25) is 0 Å². The molecular formula is C25H21ClN2O5. The number of carbonyl (C=O) groups excluding carboxylic acids is 2. The molecule has 4 rings (SSSR count). The van der Waals surface area contributed by atoms with E-state index in [1.54, 1.807) is 73.8 Å². The van der Waals surface area contributed by atoms with Crippen molar-refractivity contribution in [2.24, 2.45) is 0 Å². The predicted octanol–water partition coefficient (Wildman–Crippen LogP) is 4.76. The van der Waals surface area contributed by atoms with Gasteiger partial charge >= 0.3 is 0 Å². The number of rotatable bonds is 7. The molecule has 0 radical (unpaired) electrons. The van der Waals surface area contributed by atoms with E-state index in [1.807, 2.05) is 0 Å². The first-order valence-electron chi connectivity index (χ1n) is 9.99. The van der Waals surface area contributed by atoms with Crippen LogP contribution in [0, 0.1) is 0 Å². The Hall–Kier alpha value is -3.97. The number of nitrogens with zero attached hydrogens (tertiary/aromatic N) is 1. The maximum Gasteiger partial charge on any atom is 0.282 e. The Morgan fingerprint density at radius 3 is 2.12 bits per heavy atom. The molecule has 0 spiro atoms. The summed E-state index contributed by atoms with van der Waals surface area (Å²) in [6.45, 7) is 0. The minimum absolute atomic E-state index is 0.113. The Balaban J connectivity index is 1.83. The minimum Gasteiger partial charge on any atom is -0.497 e. The number of anilines is 2. The van der Waals surface area contributed by atoms with Gasteiger partial charge in [0.1, 0.15) is 22.9 Å². The molecular weight excluding hydrogens is 444 g/mol. The molecule has 3 aromatic carbocycles. The van der Waals surface area contributed by atoms with Crippen LogP contribution < -0.4 is 24.4 Å². The van der Waals surface area contributed by atoms with Crippen molar-refractivity contribution in [2.45, 2.75) is 0 Å². The smallest absolute Gasteiger partial charge is 0.282 e. The van der Waals surface area contributed by atoms with Crippen molar-refractivity contribution < 1.29 is 23.8 Å². The van der Waals surface area contributed by atoms with Gasteiger partial charge in [-0.25, -0.2) is 4.90 Å². The van der Waals surface area contributed by atoms with Crippen molar-refractivity contribution in [1.82, 2.24) is 0 Å². The lowest BCUT2D eigenvalue weighted by Crippen LogP contribution is -2.32. The van der Waals surface area contributed by atoms with Gasteiger partial charge in [0.05, 0.1) is 37.6 Å². The van der Waals surface area contributed by atoms with Gasteiger partial charge in [-0.2, -0.15) is 0 Å². The molecule has 1 aliphatic rings. The predicted molar refractivity (Wildman–Crippen MR) is 127 cm³/mol. The third kappa shape index (κ3) is 4.10. The molecule has 1 heterocycles. The molecule has 0 aliphatic carbocycles. The normalized spacial score (nSPS) is 13.4. The van der Waals surface area contributed by atoms with Gasteiger partial charge < -0.3 is 19.5 Å². The summed E-state index contributed by atoms with van der Waals surface area (Å²) in [6, 6.07) is 18.7. The zero-order valence-corrected chi connectivity index (χ0v) is 19.0. The SMILES string of the molecule is COc1ccc(N2C(=O)C(Nc3ccc(OC)c(Cl)c3)=C(c3ccccc3OC)C2=O)cc1. The van der Waals surface area contributed by atoms with Crippen molar-refractivity contribution in [3.63, 3.8) is 0 Å². The molecule has 3 aromatic rings. The van der Waals surface area contributed by atoms with Gasteiger partial charge in [0, 0.05) is 11.3 Å². The van der Waals surface area contributed by atoms with Crippen molar-refractivity contribution in [2.75, 3.05) is 31.5 Å². The first-order chi connectivity index (χ1) is 16.0. The van der Waals surface area contributed by atoms with Crippen molar-refractivity contribution in [3.05, 3.63) is 83.0 Å². The standard InChI is InChI=1S/C25H21ClN2O5/c1-31-17-11-9-16(10-12-17)28-24(29)22(18-6-4-5-7-20(18)32-2)23(25(28)30)27-15-8-13-21(33-3)19(26)14-15/h4-14,27H,1-3H3. The van der Waals surface area contributed by atoms with E-state index < -0.39 is 11.8 Å². The van der Waals surface area contributed by atoms with Gasteiger partial charge in [0.25, 0.3) is 11.8 Å². The number of ether oxygens (including phenoxy) is 3. The van der Waals surface area contributed by atoms with Crippen LogP contribution in [0.2, 0.25) is 5.02 Å². The lowest BCUT2D eigenvalue weighted by molar-refractivity contribution is -0.120. The summed E-state index contributed by atoms with van der Waals surface area (Å²) in [4.78, 5) is 28.2. The van der Waals surface area contributed by atoms with Crippen LogP contribution in [0.5, 0.6) is 17.2 Å². The molecule has 168 valence electrons. The van der Waals surface area contributed by atoms with E-state index in [2.05, 4.69) is 5.32 Å². The molecule has 2 amide bonds. The third-order valence-corrected chi connectivity index (χ3v) is 5.51. The quantitative estimate of drug-likeness (QED) is 0.508. The fourth-order valence-corrected chi connectivity index (χ4v) is 3.86. The average Bonchev–Trinajstić information content (AvgIpc) is 3.08. The van der Waals surface area contributed by atoms with Crippen LogP contribution in [0.25, 0.3) is 5.57 Å². The number of nitrogens with one attached hydrogen (secondary N) is 1. The topological polar surface area (TPSA) is 77.1 Å². The van der Waals surface area contributed by atoms with E-state index >= 15 is 0 Å². The molecule has 1 aliphatic heterocycles. The molecule has 0 saturated carbocycles. The fraction of sp³-hybridized carbons (Fsp3) is 0.120. The van der Waals surface area contributed by atoms with E-state index in [9.17, 15) is 9.59 Å². The second-order valence-corrected chi connectivity index (χ2v) is 7.48. The van der Waals surface area contributed by atoms with Gasteiger partial charge in [-0.15, -0.1) is 0 Å². The number of hydrogen-bond donors (Lipinski definition) is 1. The number of methoxy groups -OCH3 is 3. The molecule has 7 nitrogen and oxygen atoms in total. The van der Waals surface area contributed by atoms with Crippen LogP contribution in [0.3, 0.4) is 0 Å². The first kappa shape index (κ1) is 22.2. The van der Waals surface area contributed by atoms with Crippen LogP contribution in [0.1, 0.15) is 5.56 Å². The summed E-state index contributed by atoms with van der Waals surface area (Å²) in [7, 11) is 4.57. The zero-order chi connectivity index (χ0) is 23.5. The fourth-order valence-electron chi connectivity index (χ4n) is 3.60. The van der Waals surface area contributed by atoms with E-state index in [0.717, 1.165) is 4.90 Å². The summed E-state index contributed by atoms with van der Waals surface area (Å²) in [5.74, 6) is 0.601. The van der Waals surface area contributed by atoms with E-state index in [1.165, 1.54) is 14.2 Å². The lowest BCUT2D eigenvalue weighted by atomic mass is 10.0. The summed E-state index contributed by atoms with van der Waals surface area (Å²) < 4.78 is 15.8. The molecule has 0 bridgehead atoms. The highest BCUT2D eigenvalue weighted by Crippen LogP contribution is 2.38. The zero-order valence-electron chi connectivity index (χ0n) is 18.2. The molecule has 33 heavy (non-hydrogen) atoms. The molecule has 1 N–H and O–H groups in total. The Kier molecular flexibility index (Phi) is 6.24. The molecule has 0 atom stereocenters. The maximum absolute atomic E-state index is 13.6. The van der Waals surface area contributed by atoms with Gasteiger partial charge in [-0.1, -0.05) is 29.8 Å². The van der Waals surface area contributed by atoms with Gasteiger partial charge in [-0.3, -0.25) is 9.59 Å². The number of halogens is 1. The Labute approximate surface area is 196 Å². The van der Waals surface area contributed by atoms with E-state index in [0.29, 0.717) is 39.2 Å². The first-order valence-corrected chi connectivity index (χ1v) is 10.4. The maximum atomic E-state index is 13.6. The molecule has 8 heteroatoms. The summed E-state index contributed by atoms with van der Waals surface area (Å²) in [5, 5.41) is 3.45. The van der Waals surface area contributed by atoms with E-state index in [-0.39, 0.29) is 11.3 Å². The molecule has 0 unspecified atom stereocenters. The third-order valence-electron chi connectivity index (χ3n) is 5.21. The van der Waals surface area contributed by atoms with Gasteiger partial charge in [-0.05, 0) is 48.5 Å². The lowest BCUT2D eigenvalue weighted by Gasteiger charge is -2.16. The Bertz CT molecular complexity index is 1250. The summed E-state index contributed by atoms with van der Waals surface area (Å²) in [5.41, 5.74) is 1.75. The summed E-state index contributed by atoms with van der Waals surface area (Å²) >= 11 is 6.26. The number of benzene rings is 3. The highest BCUT2D eigenvalue weighted by Gasteiger charge is 2.41. The van der Waals surface area contributed by atoms with Crippen LogP contribution in [0.4, 0.5) is 11.4 Å². The molecule has 0 fully saturated rings. The van der Waals surface area contributed by atoms with Crippen LogP contribution in [-0.4, -0.2) is 33.1 Å². The van der Waals surface area contributed by atoms with Crippen molar-refractivity contribution in [3.8, 4) is 17.2 Å². The average molecular weight is 465 g/mol. The Morgan fingerprint density at radius 2 is 1.48 bits per heavy atom. The minimum atomic E-state index is -0.502. The second kappa shape index (κ2) is 9.26. The van der Waals surface area contributed by atoms with Crippen molar-refractivity contribution in [1.29, 1.82) is 0 Å². The number of amides is 2. The summed E-state index contributed by atoms with van der Waals surface area (Å²) in [6.07, 6.45) is 0. The highest BCUT2D eigenvalue weighted by molar-refractivity contribution is 6.46. The number of hydrogen-bond acceptors (Lipinski definition) is 6. The second-order valence-electron chi connectivity index (χ2n) is 7.07. The number of para-hydroxylation sites is 1. The van der Waals surface area contributed by atoms with E-state index in [4.69, 9.17) is 25.8 Å². The van der Waals surface area contributed by atoms with Crippen LogP contribution >= 0.6 is 11.6 Å². The van der Waals surface area contributed by atoms with Crippen LogP contribution in [-0.2, 0) is 9.59 Å². The van der Waals surface area contributed by atoms with Gasteiger partial charge in [0.15, 0.2) is 0 Å². The highest BCUT2D eigenvalue weighted by atomic mass is 35.5. The molecule has 0 saturated heterocycles.